The minimum atomic E-state index is -3.47. The van der Waals surface area contributed by atoms with E-state index in [0.717, 1.165) is 4.31 Å². The maximum absolute atomic E-state index is 11.8. The molecule has 0 aliphatic rings. The number of carbonyl (C=O) groups excluding carboxylic acids is 1. The van der Waals surface area contributed by atoms with Gasteiger partial charge in [0.25, 0.3) is 0 Å². The normalized spacial score (nSPS) is 11.5. The first-order valence-corrected chi connectivity index (χ1v) is 6.97. The molecule has 0 aliphatic heterocycles. The van der Waals surface area contributed by atoms with E-state index in [1.54, 1.807) is 24.4 Å². The third-order valence-corrected chi connectivity index (χ3v) is 4.20. The van der Waals surface area contributed by atoms with Crippen molar-refractivity contribution in [2.45, 2.75) is 6.42 Å². The summed E-state index contributed by atoms with van der Waals surface area (Å²) in [6.07, 6.45) is 1.93. The van der Waals surface area contributed by atoms with Crippen LogP contribution in [0.15, 0.2) is 24.4 Å². The molecule has 1 heterocycles. The number of hydrogen-bond donors (Lipinski definition) is 0. The molecule has 0 unspecified atom stereocenters. The molecule has 0 aliphatic carbocycles. The summed E-state index contributed by atoms with van der Waals surface area (Å²) in [6.45, 7) is -0.277. The van der Waals surface area contributed by atoms with Crippen LogP contribution in [0, 0.1) is 0 Å². The van der Waals surface area contributed by atoms with Crippen molar-refractivity contribution in [1.82, 2.24) is 9.29 Å². The van der Waals surface area contributed by atoms with E-state index in [0.29, 0.717) is 12.1 Å². The lowest BCUT2D eigenvalue weighted by atomic mass is 10.3. The van der Waals surface area contributed by atoms with Crippen molar-refractivity contribution in [3.05, 3.63) is 30.1 Å². The van der Waals surface area contributed by atoms with Crippen LogP contribution in [0.25, 0.3) is 0 Å². The molecule has 0 atom stereocenters. The lowest BCUT2D eigenvalue weighted by molar-refractivity contribution is -0.140. The molecule has 1 aromatic rings. The van der Waals surface area contributed by atoms with Crippen molar-refractivity contribution in [3.8, 4) is 0 Å². The number of esters is 1. The Morgan fingerprint density at radius 1 is 1.44 bits per heavy atom. The van der Waals surface area contributed by atoms with Crippen molar-refractivity contribution in [3.63, 3.8) is 0 Å². The number of likely N-dealkylation sites (N-methyl/N-ethyl adjacent to an activating group) is 1. The van der Waals surface area contributed by atoms with Gasteiger partial charge in [-0.25, -0.2) is 8.42 Å². The molecule has 0 fully saturated rings. The van der Waals surface area contributed by atoms with Crippen LogP contribution < -0.4 is 0 Å². The fraction of sp³-hybridized carbons (Fsp3) is 0.455. The fourth-order valence-corrected chi connectivity index (χ4v) is 2.36. The molecule has 0 N–H and O–H groups in total. The number of rotatable bonds is 6. The van der Waals surface area contributed by atoms with Crippen LogP contribution in [0.5, 0.6) is 0 Å². The summed E-state index contributed by atoms with van der Waals surface area (Å²) >= 11 is 0. The average molecular weight is 272 g/mol. The molecule has 18 heavy (non-hydrogen) atoms. The smallest absolute Gasteiger partial charge is 0.320 e. The molecule has 1 aromatic heterocycles. The van der Waals surface area contributed by atoms with E-state index >= 15 is 0 Å². The Kier molecular flexibility index (Phi) is 5.24. The van der Waals surface area contributed by atoms with Gasteiger partial charge in [0.15, 0.2) is 0 Å². The van der Waals surface area contributed by atoms with Gasteiger partial charge in [0.05, 0.1) is 12.9 Å². The van der Waals surface area contributed by atoms with Crippen LogP contribution in [-0.2, 0) is 26.0 Å². The van der Waals surface area contributed by atoms with Gasteiger partial charge in [0, 0.05) is 25.4 Å². The maximum Gasteiger partial charge on any atom is 0.320 e. The van der Waals surface area contributed by atoms with E-state index < -0.39 is 16.0 Å². The number of pyridine rings is 1. The molecule has 0 bridgehead atoms. The fourth-order valence-electron chi connectivity index (χ4n) is 1.28. The van der Waals surface area contributed by atoms with Gasteiger partial charge in [-0.15, -0.1) is 0 Å². The summed E-state index contributed by atoms with van der Waals surface area (Å²) in [6, 6.07) is 5.32. The molecule has 0 saturated carbocycles. The molecule has 0 spiro atoms. The number of methoxy groups -OCH3 is 1. The molecular formula is C11H16N2O4S. The zero-order chi connectivity index (χ0) is 13.6. The van der Waals surface area contributed by atoms with Crippen LogP contribution in [0.3, 0.4) is 0 Å². The predicted molar refractivity (Wildman–Crippen MR) is 66.4 cm³/mol. The lowest BCUT2D eigenvalue weighted by Crippen LogP contribution is -2.34. The average Bonchev–Trinajstić information content (AvgIpc) is 2.37. The lowest BCUT2D eigenvalue weighted by Gasteiger charge is -2.15. The maximum atomic E-state index is 11.8. The highest BCUT2D eigenvalue weighted by Crippen LogP contribution is 2.03. The van der Waals surface area contributed by atoms with E-state index in [1.165, 1.54) is 14.2 Å². The molecule has 0 amide bonds. The second-order valence-corrected chi connectivity index (χ2v) is 5.91. The van der Waals surface area contributed by atoms with E-state index in [4.69, 9.17) is 0 Å². The van der Waals surface area contributed by atoms with Crippen molar-refractivity contribution >= 4 is 16.0 Å². The zero-order valence-electron chi connectivity index (χ0n) is 10.4. The van der Waals surface area contributed by atoms with Crippen molar-refractivity contribution < 1.29 is 17.9 Å². The van der Waals surface area contributed by atoms with Crippen LogP contribution in [0.4, 0.5) is 0 Å². The van der Waals surface area contributed by atoms with Crippen LogP contribution in [0.2, 0.25) is 0 Å². The first-order valence-electron chi connectivity index (χ1n) is 5.36. The number of nitrogens with zero attached hydrogens (tertiary/aromatic N) is 2. The Labute approximate surface area is 107 Å². The summed E-state index contributed by atoms with van der Waals surface area (Å²) < 4.78 is 29.1. The van der Waals surface area contributed by atoms with E-state index in [-0.39, 0.29) is 12.3 Å². The summed E-state index contributed by atoms with van der Waals surface area (Å²) in [5, 5.41) is 0. The highest BCUT2D eigenvalue weighted by atomic mass is 32.2. The second kappa shape index (κ2) is 6.46. The summed E-state index contributed by atoms with van der Waals surface area (Å²) in [7, 11) is -0.900. The number of sulfonamides is 1. The molecule has 100 valence electrons. The van der Waals surface area contributed by atoms with E-state index in [1.807, 2.05) is 0 Å². The Bertz CT molecular complexity index is 487. The number of carbonyl (C=O) groups is 1. The highest BCUT2D eigenvalue weighted by Gasteiger charge is 2.20. The standard InChI is InChI=1S/C11H16N2O4S/c1-13(9-11(14)17-2)18(15,16)8-6-10-5-3-4-7-12-10/h3-5,7H,6,8-9H2,1-2H3. The predicted octanol–water partition coefficient (Wildman–Crippen LogP) is 0.0587. The molecule has 0 radical (unpaired) electrons. The van der Waals surface area contributed by atoms with E-state index in [2.05, 4.69) is 9.72 Å². The van der Waals surface area contributed by atoms with Crippen molar-refractivity contribution in [2.75, 3.05) is 26.5 Å². The van der Waals surface area contributed by atoms with Gasteiger partial charge in [-0.3, -0.25) is 9.78 Å². The topological polar surface area (TPSA) is 76.6 Å². The third-order valence-electron chi connectivity index (χ3n) is 2.40. The van der Waals surface area contributed by atoms with Crippen LogP contribution in [-0.4, -0.2) is 50.1 Å². The van der Waals surface area contributed by atoms with Gasteiger partial charge in [-0.05, 0) is 12.1 Å². The number of aryl methyl sites for hydroxylation is 1. The monoisotopic (exact) mass is 272 g/mol. The van der Waals surface area contributed by atoms with Gasteiger partial charge in [0.1, 0.15) is 6.54 Å². The minimum absolute atomic E-state index is 0.0858. The summed E-state index contributed by atoms with van der Waals surface area (Å²) in [4.78, 5) is 15.0. The van der Waals surface area contributed by atoms with Gasteiger partial charge < -0.3 is 4.74 Å². The van der Waals surface area contributed by atoms with Crippen LogP contribution >= 0.6 is 0 Å². The molecular weight excluding hydrogens is 256 g/mol. The highest BCUT2D eigenvalue weighted by molar-refractivity contribution is 7.89. The Hall–Kier alpha value is -1.47. The SMILES string of the molecule is COC(=O)CN(C)S(=O)(=O)CCc1ccccn1. The number of hydrogen-bond acceptors (Lipinski definition) is 5. The third kappa shape index (κ3) is 4.42. The largest absolute Gasteiger partial charge is 0.468 e. The Balaban J connectivity index is 2.57. The quantitative estimate of drug-likeness (QED) is 0.684. The van der Waals surface area contributed by atoms with Gasteiger partial charge >= 0.3 is 5.97 Å². The molecule has 0 aromatic carbocycles. The van der Waals surface area contributed by atoms with Gasteiger partial charge in [-0.1, -0.05) is 6.07 Å². The molecule has 0 saturated heterocycles. The van der Waals surface area contributed by atoms with E-state index in [9.17, 15) is 13.2 Å². The van der Waals surface area contributed by atoms with Gasteiger partial charge in [0.2, 0.25) is 10.0 Å². The Morgan fingerprint density at radius 2 is 2.17 bits per heavy atom. The first kappa shape index (κ1) is 14.6. The van der Waals surface area contributed by atoms with Crippen molar-refractivity contribution in [1.29, 1.82) is 0 Å². The molecule has 1 rings (SSSR count). The molecule has 7 heteroatoms. The summed E-state index contributed by atoms with van der Waals surface area (Å²) in [5.74, 6) is -0.670. The minimum Gasteiger partial charge on any atom is -0.468 e. The van der Waals surface area contributed by atoms with Crippen LogP contribution in [0.1, 0.15) is 5.69 Å². The number of aromatic nitrogens is 1. The zero-order valence-corrected chi connectivity index (χ0v) is 11.2. The first-order chi connectivity index (χ1) is 8.45. The van der Waals surface area contributed by atoms with Gasteiger partial charge in [-0.2, -0.15) is 4.31 Å². The molecule has 6 nitrogen and oxygen atoms in total. The summed E-state index contributed by atoms with van der Waals surface area (Å²) in [5.41, 5.74) is 0.701. The van der Waals surface area contributed by atoms with Crippen molar-refractivity contribution in [2.24, 2.45) is 0 Å². The Morgan fingerprint density at radius 3 is 2.72 bits per heavy atom. The number of ether oxygens (including phenoxy) is 1. The second-order valence-electron chi connectivity index (χ2n) is 3.72.